The molecule has 0 bridgehead atoms. The zero-order valence-corrected chi connectivity index (χ0v) is 14.0. The van der Waals surface area contributed by atoms with E-state index in [0.717, 1.165) is 5.56 Å². The summed E-state index contributed by atoms with van der Waals surface area (Å²) in [5.41, 5.74) is 1.26. The maximum atomic E-state index is 13.1. The Morgan fingerprint density at radius 1 is 1.12 bits per heavy atom. The Labute approximate surface area is 145 Å². The van der Waals surface area contributed by atoms with E-state index in [2.05, 4.69) is 10.1 Å². The summed E-state index contributed by atoms with van der Waals surface area (Å²) in [6.07, 6.45) is 0. The molecule has 3 aromatic rings. The van der Waals surface area contributed by atoms with Crippen LogP contribution in [-0.2, 0) is 6.54 Å². The average Bonchev–Trinajstić information content (AvgIpc) is 3.09. The standard InChI is InChI=1S/C19H18FN3O2/c1-13(2)23(19(24)15-8-10-16(20)11-9-15)12-17-21-18(22-25-17)14-6-4-3-5-7-14/h3-11,13H,12H2,1-2H3. The number of amides is 1. The van der Waals surface area contributed by atoms with Crippen LogP contribution < -0.4 is 0 Å². The molecule has 0 aliphatic heterocycles. The molecule has 2 aromatic carbocycles. The second-order valence-corrected chi connectivity index (χ2v) is 5.91. The molecule has 5 nitrogen and oxygen atoms in total. The van der Waals surface area contributed by atoms with E-state index in [1.807, 2.05) is 44.2 Å². The molecule has 0 fully saturated rings. The molecule has 0 N–H and O–H groups in total. The Kier molecular flexibility index (Phi) is 4.88. The first-order chi connectivity index (χ1) is 12.0. The van der Waals surface area contributed by atoms with Crippen LogP contribution >= 0.6 is 0 Å². The van der Waals surface area contributed by atoms with Gasteiger partial charge in [0.1, 0.15) is 12.4 Å². The summed E-state index contributed by atoms with van der Waals surface area (Å²) in [6.45, 7) is 3.99. The largest absolute Gasteiger partial charge is 0.337 e. The number of aromatic nitrogens is 2. The van der Waals surface area contributed by atoms with Crippen molar-refractivity contribution in [2.24, 2.45) is 0 Å². The Hall–Kier alpha value is -3.02. The van der Waals surface area contributed by atoms with Crippen molar-refractivity contribution >= 4 is 5.91 Å². The van der Waals surface area contributed by atoms with Crippen LogP contribution in [0.3, 0.4) is 0 Å². The van der Waals surface area contributed by atoms with Crippen molar-refractivity contribution in [1.82, 2.24) is 15.0 Å². The van der Waals surface area contributed by atoms with Crippen LogP contribution in [0.1, 0.15) is 30.1 Å². The van der Waals surface area contributed by atoms with Crippen LogP contribution in [0.2, 0.25) is 0 Å². The minimum Gasteiger partial charge on any atom is -0.337 e. The molecule has 1 heterocycles. The van der Waals surface area contributed by atoms with Crippen LogP contribution in [0, 0.1) is 5.82 Å². The van der Waals surface area contributed by atoms with Gasteiger partial charge in [-0.15, -0.1) is 0 Å². The first-order valence-electron chi connectivity index (χ1n) is 7.99. The molecule has 0 spiro atoms. The average molecular weight is 339 g/mol. The highest BCUT2D eigenvalue weighted by atomic mass is 19.1. The predicted molar refractivity (Wildman–Crippen MR) is 91.1 cm³/mol. The van der Waals surface area contributed by atoms with Crippen molar-refractivity contribution < 1.29 is 13.7 Å². The second-order valence-electron chi connectivity index (χ2n) is 5.91. The van der Waals surface area contributed by atoms with Crippen LogP contribution in [0.25, 0.3) is 11.4 Å². The van der Waals surface area contributed by atoms with Gasteiger partial charge in [-0.1, -0.05) is 35.5 Å². The summed E-state index contributed by atoms with van der Waals surface area (Å²) in [5.74, 6) is 0.239. The summed E-state index contributed by atoms with van der Waals surface area (Å²) in [7, 11) is 0. The molecule has 6 heteroatoms. The summed E-state index contributed by atoms with van der Waals surface area (Å²) < 4.78 is 18.4. The number of carbonyl (C=O) groups is 1. The maximum absolute atomic E-state index is 13.1. The number of rotatable bonds is 5. The molecular formula is C19H18FN3O2. The molecule has 1 aromatic heterocycles. The molecule has 0 radical (unpaired) electrons. The predicted octanol–water partition coefficient (Wildman–Crippen LogP) is 3.93. The lowest BCUT2D eigenvalue weighted by molar-refractivity contribution is 0.0667. The highest BCUT2D eigenvalue weighted by Gasteiger charge is 2.22. The van der Waals surface area contributed by atoms with Gasteiger partial charge in [0.15, 0.2) is 0 Å². The molecule has 1 amide bonds. The smallest absolute Gasteiger partial charge is 0.254 e. The van der Waals surface area contributed by atoms with Gasteiger partial charge < -0.3 is 9.42 Å². The van der Waals surface area contributed by atoms with E-state index in [0.29, 0.717) is 17.3 Å². The lowest BCUT2D eigenvalue weighted by atomic mass is 10.1. The second kappa shape index (κ2) is 7.25. The monoisotopic (exact) mass is 339 g/mol. The minimum absolute atomic E-state index is 0.0790. The number of nitrogens with zero attached hydrogens (tertiary/aromatic N) is 3. The summed E-state index contributed by atoms with van der Waals surface area (Å²) >= 11 is 0. The van der Waals surface area contributed by atoms with Crippen LogP contribution in [-0.4, -0.2) is 27.0 Å². The van der Waals surface area contributed by atoms with Gasteiger partial charge in [0.25, 0.3) is 5.91 Å². The Morgan fingerprint density at radius 3 is 2.44 bits per heavy atom. The highest BCUT2D eigenvalue weighted by Crippen LogP contribution is 2.17. The van der Waals surface area contributed by atoms with Gasteiger partial charge in [0, 0.05) is 17.2 Å². The first kappa shape index (κ1) is 16.8. The van der Waals surface area contributed by atoms with Crippen LogP contribution in [0.4, 0.5) is 4.39 Å². The van der Waals surface area contributed by atoms with Crippen molar-refractivity contribution in [3.05, 3.63) is 71.9 Å². The summed E-state index contributed by atoms with van der Waals surface area (Å²) in [5, 5.41) is 3.97. The van der Waals surface area contributed by atoms with Gasteiger partial charge in [-0.25, -0.2) is 4.39 Å². The summed E-state index contributed by atoms with van der Waals surface area (Å²) in [6, 6.07) is 14.9. The molecule has 0 atom stereocenters. The quantitative estimate of drug-likeness (QED) is 0.707. The number of benzene rings is 2. The van der Waals surface area contributed by atoms with E-state index < -0.39 is 0 Å². The lowest BCUT2D eigenvalue weighted by Gasteiger charge is -2.25. The first-order valence-corrected chi connectivity index (χ1v) is 7.99. The Morgan fingerprint density at radius 2 is 1.80 bits per heavy atom. The molecule has 128 valence electrons. The zero-order chi connectivity index (χ0) is 17.8. The molecule has 0 saturated heterocycles. The van der Waals surface area contributed by atoms with Crippen molar-refractivity contribution in [2.45, 2.75) is 26.4 Å². The number of halogens is 1. The molecule has 0 unspecified atom stereocenters. The molecule has 0 aliphatic rings. The van der Waals surface area contributed by atoms with Gasteiger partial charge in [-0.3, -0.25) is 4.79 Å². The van der Waals surface area contributed by atoms with Gasteiger partial charge in [-0.2, -0.15) is 4.98 Å². The normalized spacial score (nSPS) is 10.9. The topological polar surface area (TPSA) is 59.2 Å². The SMILES string of the molecule is CC(C)N(Cc1nc(-c2ccccc2)no1)C(=O)c1ccc(F)cc1. The fourth-order valence-electron chi connectivity index (χ4n) is 2.42. The van der Waals surface area contributed by atoms with Gasteiger partial charge >= 0.3 is 0 Å². The van der Waals surface area contributed by atoms with Crippen LogP contribution in [0.5, 0.6) is 0 Å². The molecule has 3 rings (SSSR count). The van der Waals surface area contributed by atoms with Crippen molar-refractivity contribution in [2.75, 3.05) is 0 Å². The third-order valence-electron chi connectivity index (χ3n) is 3.78. The van der Waals surface area contributed by atoms with E-state index in [-0.39, 0.29) is 24.3 Å². The molecule has 0 saturated carbocycles. The minimum atomic E-state index is -0.378. The Bertz CT molecular complexity index is 845. The van der Waals surface area contributed by atoms with Crippen molar-refractivity contribution in [3.8, 4) is 11.4 Å². The summed E-state index contributed by atoms with van der Waals surface area (Å²) in [4.78, 5) is 18.7. The molecular weight excluding hydrogens is 321 g/mol. The van der Waals surface area contributed by atoms with Gasteiger partial charge in [-0.05, 0) is 38.1 Å². The molecule has 0 aliphatic carbocycles. The fraction of sp³-hybridized carbons (Fsp3) is 0.211. The van der Waals surface area contributed by atoms with Crippen LogP contribution in [0.15, 0.2) is 59.1 Å². The number of hydrogen-bond acceptors (Lipinski definition) is 4. The van der Waals surface area contributed by atoms with E-state index in [9.17, 15) is 9.18 Å². The highest BCUT2D eigenvalue weighted by molar-refractivity contribution is 5.94. The number of carbonyl (C=O) groups excluding carboxylic acids is 1. The van der Waals surface area contributed by atoms with E-state index in [1.54, 1.807) is 4.90 Å². The lowest BCUT2D eigenvalue weighted by Crippen LogP contribution is -2.36. The zero-order valence-electron chi connectivity index (χ0n) is 14.0. The van der Waals surface area contributed by atoms with E-state index in [4.69, 9.17) is 4.52 Å². The third kappa shape index (κ3) is 3.91. The third-order valence-corrected chi connectivity index (χ3v) is 3.78. The number of hydrogen-bond donors (Lipinski definition) is 0. The van der Waals surface area contributed by atoms with E-state index in [1.165, 1.54) is 24.3 Å². The van der Waals surface area contributed by atoms with Gasteiger partial charge in [0.05, 0.1) is 0 Å². The van der Waals surface area contributed by atoms with E-state index >= 15 is 0 Å². The fourth-order valence-corrected chi connectivity index (χ4v) is 2.42. The van der Waals surface area contributed by atoms with Crippen molar-refractivity contribution in [3.63, 3.8) is 0 Å². The van der Waals surface area contributed by atoms with Gasteiger partial charge in [0.2, 0.25) is 11.7 Å². The van der Waals surface area contributed by atoms with Crippen molar-refractivity contribution in [1.29, 1.82) is 0 Å². The molecule has 25 heavy (non-hydrogen) atoms. The maximum Gasteiger partial charge on any atom is 0.254 e. The Balaban J connectivity index is 1.79.